The molecule has 4 rings (SSSR count). The summed E-state index contributed by atoms with van der Waals surface area (Å²) in [4.78, 5) is 12.7. The number of ether oxygens (including phenoxy) is 1. The van der Waals surface area contributed by atoms with Gasteiger partial charge in [0.2, 0.25) is 0 Å². The topological polar surface area (TPSA) is 39.4 Å². The van der Waals surface area contributed by atoms with Gasteiger partial charge >= 0.3 is 5.63 Å². The van der Waals surface area contributed by atoms with Crippen molar-refractivity contribution < 1.29 is 13.5 Å². The Bertz CT molecular complexity index is 949. The predicted octanol–water partition coefficient (Wildman–Crippen LogP) is 8.38. The van der Waals surface area contributed by atoms with E-state index >= 15 is 0 Å². The molecule has 0 N–H and O–H groups in total. The van der Waals surface area contributed by atoms with E-state index in [1.54, 1.807) is 12.1 Å². The first kappa shape index (κ1) is 24.3. The van der Waals surface area contributed by atoms with Gasteiger partial charge in [0.05, 0.1) is 6.61 Å². The van der Waals surface area contributed by atoms with Crippen LogP contribution in [-0.2, 0) is 0 Å². The van der Waals surface area contributed by atoms with Crippen LogP contribution in [0.3, 0.4) is 0 Å². The molecular formula is C29H41FO3. The monoisotopic (exact) mass is 456 g/mol. The second-order valence-electron chi connectivity index (χ2n) is 10.5. The largest absolute Gasteiger partial charge is 0.490 e. The highest BCUT2D eigenvalue weighted by Gasteiger charge is 2.32. The summed E-state index contributed by atoms with van der Waals surface area (Å²) in [5.74, 6) is 3.20. The van der Waals surface area contributed by atoms with Crippen LogP contribution in [0, 0.1) is 23.6 Å². The van der Waals surface area contributed by atoms with Gasteiger partial charge < -0.3 is 9.15 Å². The molecule has 2 aliphatic rings. The van der Waals surface area contributed by atoms with Gasteiger partial charge in [-0.15, -0.1) is 0 Å². The van der Waals surface area contributed by atoms with Crippen LogP contribution in [0.2, 0.25) is 0 Å². The van der Waals surface area contributed by atoms with E-state index in [4.69, 9.17) is 9.15 Å². The van der Waals surface area contributed by atoms with Crippen molar-refractivity contribution in [3.8, 4) is 5.75 Å². The van der Waals surface area contributed by atoms with Gasteiger partial charge in [-0.05, 0) is 80.2 Å². The Kier molecular flexibility index (Phi) is 8.49. The van der Waals surface area contributed by atoms with Crippen LogP contribution in [0.15, 0.2) is 27.4 Å². The molecule has 1 heterocycles. The molecule has 0 amide bonds. The van der Waals surface area contributed by atoms with Gasteiger partial charge in [0.25, 0.3) is 0 Å². The van der Waals surface area contributed by atoms with E-state index in [9.17, 15) is 9.18 Å². The number of benzene rings is 1. The first-order valence-electron chi connectivity index (χ1n) is 13.5. The minimum Gasteiger partial charge on any atom is -0.490 e. The number of rotatable bonds is 9. The smallest absolute Gasteiger partial charge is 0.346 e. The zero-order valence-corrected chi connectivity index (χ0v) is 20.5. The highest BCUT2D eigenvalue weighted by atomic mass is 19.1. The minimum absolute atomic E-state index is 0.0151. The van der Waals surface area contributed by atoms with Crippen LogP contribution in [0.5, 0.6) is 5.75 Å². The third-order valence-corrected chi connectivity index (χ3v) is 8.30. The SMILES string of the molecule is CCCCOc1ccc2cc(C3CCC(C4CCC(CCCC)CC4)CC3)oc(=O)c2c1F. The average molecular weight is 457 g/mol. The third-order valence-electron chi connectivity index (χ3n) is 8.30. The third kappa shape index (κ3) is 5.81. The summed E-state index contributed by atoms with van der Waals surface area (Å²) in [5, 5.41) is 0.635. The highest BCUT2D eigenvalue weighted by Crippen LogP contribution is 2.44. The molecule has 33 heavy (non-hydrogen) atoms. The van der Waals surface area contributed by atoms with Gasteiger partial charge in [0.15, 0.2) is 11.6 Å². The Morgan fingerprint density at radius 2 is 1.61 bits per heavy atom. The highest BCUT2D eigenvalue weighted by molar-refractivity contribution is 5.83. The quantitative estimate of drug-likeness (QED) is 0.356. The lowest BCUT2D eigenvalue weighted by molar-refractivity contribution is 0.151. The van der Waals surface area contributed by atoms with Crippen molar-refractivity contribution in [2.24, 2.45) is 17.8 Å². The molecule has 2 aromatic rings. The molecule has 4 heteroatoms. The summed E-state index contributed by atoms with van der Waals surface area (Å²) in [6, 6.07) is 5.33. The summed E-state index contributed by atoms with van der Waals surface area (Å²) < 4.78 is 26.1. The summed E-state index contributed by atoms with van der Waals surface area (Å²) in [6.45, 7) is 4.80. The molecule has 0 aliphatic heterocycles. The molecule has 2 fully saturated rings. The molecule has 0 unspecified atom stereocenters. The number of fused-ring (bicyclic) bond motifs is 1. The fourth-order valence-electron chi connectivity index (χ4n) is 6.20. The summed E-state index contributed by atoms with van der Waals surface area (Å²) >= 11 is 0. The van der Waals surface area contributed by atoms with E-state index in [1.807, 2.05) is 6.07 Å². The maximum atomic E-state index is 14.9. The Morgan fingerprint density at radius 3 is 2.27 bits per heavy atom. The molecule has 0 saturated heterocycles. The lowest BCUT2D eigenvalue weighted by Crippen LogP contribution is -2.25. The molecule has 1 aromatic carbocycles. The van der Waals surface area contributed by atoms with E-state index in [2.05, 4.69) is 13.8 Å². The van der Waals surface area contributed by atoms with Crippen LogP contribution >= 0.6 is 0 Å². The van der Waals surface area contributed by atoms with Gasteiger partial charge in [0.1, 0.15) is 11.1 Å². The maximum Gasteiger partial charge on any atom is 0.346 e. The van der Waals surface area contributed by atoms with Crippen molar-refractivity contribution in [2.75, 3.05) is 6.61 Å². The second kappa shape index (κ2) is 11.5. The number of hydrogen-bond donors (Lipinski definition) is 0. The summed E-state index contributed by atoms with van der Waals surface area (Å²) in [5.41, 5.74) is -0.575. The van der Waals surface area contributed by atoms with Crippen molar-refractivity contribution in [2.45, 2.75) is 103 Å². The maximum absolute atomic E-state index is 14.9. The molecular weight excluding hydrogens is 415 g/mol. The number of halogens is 1. The average Bonchev–Trinajstić information content (AvgIpc) is 2.84. The van der Waals surface area contributed by atoms with Crippen LogP contribution in [-0.4, -0.2) is 6.61 Å². The molecule has 0 atom stereocenters. The second-order valence-corrected chi connectivity index (χ2v) is 10.5. The summed E-state index contributed by atoms with van der Waals surface area (Å²) in [7, 11) is 0. The van der Waals surface area contributed by atoms with Crippen molar-refractivity contribution in [1.82, 2.24) is 0 Å². The Hall–Kier alpha value is -1.84. The minimum atomic E-state index is -0.595. The van der Waals surface area contributed by atoms with E-state index in [0.29, 0.717) is 12.0 Å². The Balaban J connectivity index is 1.37. The molecule has 1 aromatic heterocycles. The van der Waals surface area contributed by atoms with Gasteiger partial charge in [0, 0.05) is 5.92 Å². The molecule has 2 aliphatic carbocycles. The van der Waals surface area contributed by atoms with Crippen LogP contribution in [0.25, 0.3) is 10.8 Å². The first-order valence-corrected chi connectivity index (χ1v) is 13.5. The van der Waals surface area contributed by atoms with Gasteiger partial charge in [-0.2, -0.15) is 0 Å². The van der Waals surface area contributed by atoms with Crippen molar-refractivity contribution in [1.29, 1.82) is 0 Å². The van der Waals surface area contributed by atoms with E-state index in [0.717, 1.165) is 49.2 Å². The van der Waals surface area contributed by atoms with Gasteiger partial charge in [-0.25, -0.2) is 9.18 Å². The van der Waals surface area contributed by atoms with E-state index < -0.39 is 11.4 Å². The number of unbranched alkanes of at least 4 members (excludes halogenated alkanes) is 2. The van der Waals surface area contributed by atoms with Crippen LogP contribution < -0.4 is 10.4 Å². The lowest BCUT2D eigenvalue weighted by atomic mass is 9.68. The molecule has 0 spiro atoms. The molecule has 182 valence electrons. The molecule has 0 bridgehead atoms. The van der Waals surface area contributed by atoms with Crippen molar-refractivity contribution >= 4 is 10.8 Å². The first-order chi connectivity index (χ1) is 16.1. The van der Waals surface area contributed by atoms with Crippen LogP contribution in [0.4, 0.5) is 4.39 Å². The van der Waals surface area contributed by atoms with Gasteiger partial charge in [-0.3, -0.25) is 0 Å². The normalized spacial score (nSPS) is 25.9. The lowest BCUT2D eigenvalue weighted by Gasteiger charge is -2.37. The van der Waals surface area contributed by atoms with Crippen molar-refractivity contribution in [3.05, 3.63) is 40.2 Å². The van der Waals surface area contributed by atoms with Crippen LogP contribution in [0.1, 0.15) is 109 Å². The molecule has 0 radical (unpaired) electrons. The predicted molar refractivity (Wildman–Crippen MR) is 133 cm³/mol. The Morgan fingerprint density at radius 1 is 0.939 bits per heavy atom. The fraction of sp³-hybridized carbons (Fsp3) is 0.690. The molecule has 3 nitrogen and oxygen atoms in total. The fourth-order valence-corrected chi connectivity index (χ4v) is 6.20. The summed E-state index contributed by atoms with van der Waals surface area (Å²) in [6.07, 6.45) is 16.1. The standard InChI is InChI=1S/C29H41FO3/c1-3-5-7-20-8-10-21(11-9-20)22-12-14-23(15-13-22)26-19-24-16-17-25(32-18-6-4-2)28(30)27(24)29(31)33-26/h16-17,19-23H,3-15,18H2,1-2H3. The molecule has 2 saturated carbocycles. The zero-order valence-electron chi connectivity index (χ0n) is 20.5. The Labute approximate surface area is 198 Å². The van der Waals surface area contributed by atoms with Crippen molar-refractivity contribution in [3.63, 3.8) is 0 Å². The van der Waals surface area contributed by atoms with E-state index in [1.165, 1.54) is 57.8 Å². The zero-order chi connectivity index (χ0) is 23.2. The number of hydrogen-bond acceptors (Lipinski definition) is 3. The van der Waals surface area contributed by atoms with E-state index in [-0.39, 0.29) is 17.1 Å². The van der Waals surface area contributed by atoms with Gasteiger partial charge in [-0.1, -0.05) is 58.4 Å².